The normalized spacial score (nSPS) is 19.3. The van der Waals surface area contributed by atoms with E-state index in [0.717, 1.165) is 42.4 Å². The van der Waals surface area contributed by atoms with Crippen LogP contribution in [0.1, 0.15) is 18.1 Å². The van der Waals surface area contributed by atoms with Gasteiger partial charge in [-0.05, 0) is 6.42 Å². The zero-order valence-electron chi connectivity index (χ0n) is 15.0. The van der Waals surface area contributed by atoms with Crippen molar-refractivity contribution in [3.63, 3.8) is 0 Å². The third kappa shape index (κ3) is 3.01. The summed E-state index contributed by atoms with van der Waals surface area (Å²) in [6.07, 6.45) is 3.81. The summed E-state index contributed by atoms with van der Waals surface area (Å²) in [4.78, 5) is 24.0. The Morgan fingerprint density at radius 1 is 1.00 bits per heavy atom. The molecule has 0 saturated heterocycles. The van der Waals surface area contributed by atoms with Crippen molar-refractivity contribution in [1.82, 2.24) is 34.4 Å². The van der Waals surface area contributed by atoms with Gasteiger partial charge < -0.3 is 4.90 Å². The summed E-state index contributed by atoms with van der Waals surface area (Å²) in [7, 11) is 0. The van der Waals surface area contributed by atoms with E-state index in [4.69, 9.17) is 4.98 Å². The molecule has 3 aromatic rings. The maximum absolute atomic E-state index is 13.0. The first-order chi connectivity index (χ1) is 13.3. The van der Waals surface area contributed by atoms with Gasteiger partial charge in [-0.3, -0.25) is 9.48 Å². The van der Waals surface area contributed by atoms with E-state index in [1.807, 2.05) is 44.6 Å². The largest absolute Gasteiger partial charge is 0.340 e. The Hall–Kier alpha value is -3.03. The van der Waals surface area contributed by atoms with Gasteiger partial charge in [0.15, 0.2) is 5.82 Å². The number of amides is 1. The Labute approximate surface area is 156 Å². The number of carbonyl (C=O) groups excluding carboxylic acids is 1. The lowest BCUT2D eigenvalue weighted by Gasteiger charge is -2.28. The Morgan fingerprint density at radius 3 is 2.78 bits per heavy atom. The highest BCUT2D eigenvalue weighted by Crippen LogP contribution is 2.22. The number of carbonyl (C=O) groups is 1. The van der Waals surface area contributed by atoms with Gasteiger partial charge in [-0.25, -0.2) is 14.6 Å². The number of benzene rings is 1. The van der Waals surface area contributed by atoms with E-state index in [-0.39, 0.29) is 11.8 Å². The van der Waals surface area contributed by atoms with E-state index >= 15 is 0 Å². The lowest BCUT2D eigenvalue weighted by atomic mass is 9.96. The molecule has 27 heavy (non-hydrogen) atoms. The van der Waals surface area contributed by atoms with Crippen molar-refractivity contribution in [2.75, 3.05) is 13.1 Å². The number of aromatic nitrogens is 6. The van der Waals surface area contributed by atoms with Gasteiger partial charge in [0.1, 0.15) is 18.0 Å². The molecule has 0 bridgehead atoms. The van der Waals surface area contributed by atoms with Crippen LogP contribution in [-0.4, -0.2) is 53.4 Å². The Morgan fingerprint density at radius 2 is 1.89 bits per heavy atom. The first-order valence-electron chi connectivity index (χ1n) is 9.42. The number of nitrogens with zero attached hydrogens (tertiary/aromatic N) is 7. The average Bonchev–Trinajstić information content (AvgIpc) is 3.30. The van der Waals surface area contributed by atoms with Gasteiger partial charge in [-0.1, -0.05) is 30.3 Å². The molecule has 0 radical (unpaired) electrons. The zero-order valence-corrected chi connectivity index (χ0v) is 15.0. The van der Waals surface area contributed by atoms with Crippen molar-refractivity contribution < 1.29 is 4.79 Å². The highest BCUT2D eigenvalue weighted by atomic mass is 16.2. The predicted octanol–water partition coefficient (Wildman–Crippen LogP) is 1.18. The fourth-order valence-electron chi connectivity index (χ4n) is 3.93. The maximum Gasteiger partial charge on any atom is 0.226 e. The van der Waals surface area contributed by atoms with Crippen LogP contribution in [0, 0.1) is 5.92 Å². The van der Waals surface area contributed by atoms with Gasteiger partial charge in [0.25, 0.3) is 0 Å². The predicted molar refractivity (Wildman–Crippen MR) is 97.6 cm³/mol. The van der Waals surface area contributed by atoms with Gasteiger partial charge in [0.05, 0.1) is 6.54 Å². The van der Waals surface area contributed by atoms with Crippen LogP contribution in [0.3, 0.4) is 0 Å². The summed E-state index contributed by atoms with van der Waals surface area (Å²) in [5.74, 6) is 2.85. The van der Waals surface area contributed by atoms with Gasteiger partial charge in [0.2, 0.25) is 5.91 Å². The van der Waals surface area contributed by atoms with E-state index in [2.05, 4.69) is 15.2 Å². The summed E-state index contributed by atoms with van der Waals surface area (Å²) < 4.78 is 3.85. The van der Waals surface area contributed by atoms with Crippen molar-refractivity contribution in [2.45, 2.75) is 32.4 Å². The van der Waals surface area contributed by atoms with Gasteiger partial charge in [-0.15, -0.1) is 0 Å². The minimum atomic E-state index is -0.0000367. The minimum Gasteiger partial charge on any atom is -0.340 e. The molecule has 0 N–H and O–H groups in total. The molecule has 2 aliphatic rings. The molecule has 0 saturated carbocycles. The molecule has 1 unspecified atom stereocenters. The molecule has 0 spiro atoms. The first kappa shape index (κ1) is 16.2. The molecule has 2 aliphatic heterocycles. The highest BCUT2D eigenvalue weighted by molar-refractivity contribution is 5.79. The second kappa shape index (κ2) is 6.61. The van der Waals surface area contributed by atoms with Crippen LogP contribution in [0.2, 0.25) is 0 Å². The van der Waals surface area contributed by atoms with Gasteiger partial charge >= 0.3 is 0 Å². The van der Waals surface area contributed by atoms with E-state index in [0.29, 0.717) is 26.1 Å². The lowest BCUT2D eigenvalue weighted by Crippen LogP contribution is -2.41. The van der Waals surface area contributed by atoms with E-state index in [9.17, 15) is 4.79 Å². The summed E-state index contributed by atoms with van der Waals surface area (Å²) in [5.41, 5.74) is 1.03. The Balaban J connectivity index is 1.28. The highest BCUT2D eigenvalue weighted by Gasteiger charge is 2.30. The molecule has 2 aromatic heterocycles. The van der Waals surface area contributed by atoms with Gasteiger partial charge in [0, 0.05) is 44.0 Å². The molecule has 8 heteroatoms. The molecule has 0 fully saturated rings. The Bertz CT molecular complexity index is 936. The summed E-state index contributed by atoms with van der Waals surface area (Å²) >= 11 is 0. The summed E-state index contributed by atoms with van der Waals surface area (Å²) in [6, 6.07) is 10.0. The number of rotatable bonds is 2. The lowest BCUT2D eigenvalue weighted by molar-refractivity contribution is -0.136. The third-order valence-electron chi connectivity index (χ3n) is 5.44. The molecule has 4 heterocycles. The van der Waals surface area contributed by atoms with Crippen LogP contribution >= 0.6 is 0 Å². The van der Waals surface area contributed by atoms with Gasteiger partial charge in [-0.2, -0.15) is 10.2 Å². The fraction of sp³-hybridized carbons (Fsp3) is 0.421. The molecule has 1 atom stereocenters. The molecule has 138 valence electrons. The quantitative estimate of drug-likeness (QED) is 0.683. The van der Waals surface area contributed by atoms with Crippen LogP contribution < -0.4 is 0 Å². The average molecular weight is 363 g/mol. The monoisotopic (exact) mass is 363 g/mol. The number of aryl methyl sites for hydroxylation is 1. The summed E-state index contributed by atoms with van der Waals surface area (Å²) in [6.45, 7) is 2.81. The zero-order chi connectivity index (χ0) is 18.2. The molecule has 5 rings (SSSR count). The van der Waals surface area contributed by atoms with Crippen molar-refractivity contribution in [2.24, 2.45) is 5.92 Å². The Kier molecular flexibility index (Phi) is 3.95. The van der Waals surface area contributed by atoms with Crippen LogP contribution in [0.15, 0.2) is 36.7 Å². The van der Waals surface area contributed by atoms with Crippen molar-refractivity contribution in [3.8, 4) is 11.4 Å². The first-order valence-corrected chi connectivity index (χ1v) is 9.42. The van der Waals surface area contributed by atoms with Crippen LogP contribution in [-0.2, 0) is 30.7 Å². The number of hydrogen-bond donors (Lipinski definition) is 0. The van der Waals surface area contributed by atoms with Crippen molar-refractivity contribution in [3.05, 3.63) is 48.3 Å². The topological polar surface area (TPSA) is 81.7 Å². The molecule has 8 nitrogen and oxygen atoms in total. The van der Waals surface area contributed by atoms with Crippen LogP contribution in [0.4, 0.5) is 0 Å². The van der Waals surface area contributed by atoms with E-state index < -0.39 is 0 Å². The van der Waals surface area contributed by atoms with Crippen molar-refractivity contribution >= 4 is 5.91 Å². The molecule has 1 aromatic carbocycles. The van der Waals surface area contributed by atoms with E-state index in [1.165, 1.54) is 0 Å². The summed E-state index contributed by atoms with van der Waals surface area (Å²) in [5, 5.41) is 8.85. The number of fused-ring (bicyclic) bond motifs is 2. The smallest absolute Gasteiger partial charge is 0.226 e. The second-order valence-electron chi connectivity index (χ2n) is 7.11. The van der Waals surface area contributed by atoms with Crippen molar-refractivity contribution in [1.29, 1.82) is 0 Å². The molecular weight excluding hydrogens is 342 g/mol. The van der Waals surface area contributed by atoms with Crippen LogP contribution in [0.5, 0.6) is 0 Å². The minimum absolute atomic E-state index is 0.0000367. The number of hydrogen-bond acceptors (Lipinski definition) is 5. The molecular formula is C19H21N7O. The SMILES string of the molecule is O=C(C1CCn2ncnc2C1)N1CCc2nc(-c3ccccc3)nn2CC1. The molecule has 1 amide bonds. The fourth-order valence-corrected chi connectivity index (χ4v) is 3.93. The second-order valence-corrected chi connectivity index (χ2v) is 7.11. The maximum atomic E-state index is 13.0. The van der Waals surface area contributed by atoms with E-state index in [1.54, 1.807) is 6.33 Å². The molecule has 0 aliphatic carbocycles. The van der Waals surface area contributed by atoms with Crippen LogP contribution in [0.25, 0.3) is 11.4 Å². The standard InChI is InChI=1S/C19H21N7O/c27-19(15-6-9-25-17(12-15)20-13-21-25)24-8-7-16-22-18(23-26(16)11-10-24)14-4-2-1-3-5-14/h1-5,13,15H,6-12H2. The third-order valence-corrected chi connectivity index (χ3v) is 5.44.